The van der Waals surface area contributed by atoms with Crippen molar-refractivity contribution < 1.29 is 22.5 Å². The summed E-state index contributed by atoms with van der Waals surface area (Å²) in [7, 11) is -2.42. The van der Waals surface area contributed by atoms with Crippen molar-refractivity contribution in [3.63, 3.8) is 0 Å². The fraction of sp³-hybridized carbons (Fsp3) is 0.148. The zero-order chi connectivity index (χ0) is 28.0. The van der Waals surface area contributed by atoms with E-state index in [4.69, 9.17) is 0 Å². The van der Waals surface area contributed by atoms with Gasteiger partial charge in [0.25, 0.3) is 5.91 Å². The Kier molecular flexibility index (Phi) is 8.12. The number of hydrogen-bond donors (Lipinski definition) is 1. The van der Waals surface area contributed by atoms with Gasteiger partial charge in [-0.2, -0.15) is 5.10 Å². The minimum Gasteiger partial charge on any atom is -0.358 e. The normalized spacial score (nSPS) is 10.9. The molecule has 198 valence electrons. The van der Waals surface area contributed by atoms with Crippen molar-refractivity contribution in [2.45, 2.75) is 17.1 Å². The quantitative estimate of drug-likeness (QED) is 0.203. The largest absolute Gasteiger partial charge is 0.363 e. The zero-order valence-corrected chi connectivity index (χ0v) is 21.5. The SMILES string of the molecule is Cn1ccc(CS(=O)(=O)c2c(C#Cc3ccc(F)cc3)cccc2C(=O)NCCc2ccc([N+](=O)[O-])nc2)n1. The average Bonchev–Trinajstić information content (AvgIpc) is 3.31. The first kappa shape index (κ1) is 27.2. The molecule has 0 bridgehead atoms. The number of sulfone groups is 1. The molecule has 10 nitrogen and oxygen atoms in total. The molecule has 2 aromatic heterocycles. The minimum absolute atomic E-state index is 0.0846. The molecule has 0 aliphatic rings. The molecule has 0 fully saturated rings. The van der Waals surface area contributed by atoms with Crippen molar-refractivity contribution in [2.24, 2.45) is 7.05 Å². The molecular weight excluding hydrogens is 525 g/mol. The summed E-state index contributed by atoms with van der Waals surface area (Å²) < 4.78 is 41.9. The number of aromatic nitrogens is 3. The van der Waals surface area contributed by atoms with E-state index in [1.807, 2.05) is 0 Å². The summed E-state index contributed by atoms with van der Waals surface area (Å²) in [4.78, 5) is 26.9. The Morgan fingerprint density at radius 3 is 2.51 bits per heavy atom. The monoisotopic (exact) mass is 547 g/mol. The Bertz CT molecular complexity index is 1690. The van der Waals surface area contributed by atoms with Crippen LogP contribution in [-0.2, 0) is 29.1 Å². The van der Waals surface area contributed by atoms with E-state index in [1.54, 1.807) is 19.3 Å². The third-order valence-electron chi connectivity index (χ3n) is 5.56. The second kappa shape index (κ2) is 11.7. The molecule has 39 heavy (non-hydrogen) atoms. The Labute approximate surface area is 223 Å². The van der Waals surface area contributed by atoms with E-state index >= 15 is 0 Å². The van der Waals surface area contributed by atoms with Crippen molar-refractivity contribution in [3.8, 4) is 11.8 Å². The number of rotatable bonds is 8. The smallest absolute Gasteiger partial charge is 0.358 e. The van der Waals surface area contributed by atoms with Crippen LogP contribution in [0.25, 0.3) is 0 Å². The molecule has 2 heterocycles. The maximum atomic E-state index is 13.6. The van der Waals surface area contributed by atoms with Crippen LogP contribution in [0.2, 0.25) is 0 Å². The number of nitro groups is 1. The van der Waals surface area contributed by atoms with Gasteiger partial charge in [-0.3, -0.25) is 9.48 Å². The molecule has 1 N–H and O–H groups in total. The fourth-order valence-electron chi connectivity index (χ4n) is 3.72. The van der Waals surface area contributed by atoms with Crippen LogP contribution in [-0.4, -0.2) is 40.6 Å². The van der Waals surface area contributed by atoms with Gasteiger partial charge in [-0.1, -0.05) is 17.9 Å². The van der Waals surface area contributed by atoms with Crippen LogP contribution in [0.15, 0.2) is 78.0 Å². The number of hydrogen-bond acceptors (Lipinski definition) is 7. The van der Waals surface area contributed by atoms with E-state index in [-0.39, 0.29) is 28.4 Å². The minimum atomic E-state index is -4.08. The van der Waals surface area contributed by atoms with Crippen LogP contribution in [0, 0.1) is 27.8 Å². The molecule has 0 aliphatic heterocycles. The molecule has 0 aliphatic carbocycles. The van der Waals surface area contributed by atoms with Gasteiger partial charge in [-0.15, -0.1) is 0 Å². The average molecular weight is 548 g/mol. The molecule has 0 atom stereocenters. The topological polar surface area (TPSA) is 137 Å². The summed E-state index contributed by atoms with van der Waals surface area (Å²) in [5.74, 6) is 3.85. The highest BCUT2D eigenvalue weighted by molar-refractivity contribution is 7.90. The Balaban J connectivity index is 1.63. The number of carbonyl (C=O) groups is 1. The van der Waals surface area contributed by atoms with Gasteiger partial charge in [0.05, 0.1) is 21.9 Å². The molecule has 0 saturated carbocycles. The van der Waals surface area contributed by atoms with Gasteiger partial charge >= 0.3 is 5.82 Å². The third kappa shape index (κ3) is 6.91. The fourth-order valence-corrected chi connectivity index (χ4v) is 5.35. The van der Waals surface area contributed by atoms with E-state index in [9.17, 15) is 27.7 Å². The lowest BCUT2D eigenvalue weighted by atomic mass is 10.1. The summed E-state index contributed by atoms with van der Waals surface area (Å²) in [6.45, 7) is 0.129. The predicted molar refractivity (Wildman–Crippen MR) is 140 cm³/mol. The first-order valence-electron chi connectivity index (χ1n) is 11.6. The number of aryl methyl sites for hydroxylation is 1. The highest BCUT2D eigenvalue weighted by Gasteiger charge is 2.27. The third-order valence-corrected chi connectivity index (χ3v) is 7.30. The molecule has 0 unspecified atom stereocenters. The molecule has 1 amide bonds. The van der Waals surface area contributed by atoms with Crippen molar-refractivity contribution in [1.29, 1.82) is 0 Å². The first-order valence-corrected chi connectivity index (χ1v) is 13.3. The van der Waals surface area contributed by atoms with Gasteiger partial charge in [0.1, 0.15) is 12.0 Å². The van der Waals surface area contributed by atoms with Crippen LogP contribution < -0.4 is 5.32 Å². The van der Waals surface area contributed by atoms with Crippen LogP contribution in [0.4, 0.5) is 10.2 Å². The van der Waals surface area contributed by atoms with E-state index in [0.717, 1.165) is 0 Å². The summed E-state index contributed by atoms with van der Waals surface area (Å²) in [6, 6.07) is 14.2. The summed E-state index contributed by atoms with van der Waals surface area (Å²) >= 11 is 0. The predicted octanol–water partition coefficient (Wildman–Crippen LogP) is 3.21. The van der Waals surface area contributed by atoms with E-state index in [2.05, 4.69) is 27.2 Å². The number of amides is 1. The van der Waals surface area contributed by atoms with Gasteiger partial charge < -0.3 is 15.4 Å². The highest BCUT2D eigenvalue weighted by atomic mass is 32.2. The van der Waals surface area contributed by atoms with Gasteiger partial charge in [-0.25, -0.2) is 12.8 Å². The number of carbonyl (C=O) groups excluding carboxylic acids is 1. The molecule has 4 rings (SSSR count). The van der Waals surface area contributed by atoms with Crippen LogP contribution in [0.3, 0.4) is 0 Å². The zero-order valence-electron chi connectivity index (χ0n) is 20.7. The van der Waals surface area contributed by atoms with Crippen molar-refractivity contribution in [1.82, 2.24) is 20.1 Å². The van der Waals surface area contributed by atoms with Gasteiger partial charge in [0.15, 0.2) is 9.84 Å². The lowest BCUT2D eigenvalue weighted by molar-refractivity contribution is -0.389. The number of pyridine rings is 1. The lowest BCUT2D eigenvalue weighted by Gasteiger charge is -2.13. The maximum Gasteiger partial charge on any atom is 0.363 e. The Hall–Kier alpha value is -4.89. The second-order valence-electron chi connectivity index (χ2n) is 8.47. The number of nitrogens with one attached hydrogen (secondary N) is 1. The molecular formula is C27H22FN5O5S. The summed E-state index contributed by atoms with van der Waals surface area (Å²) in [5, 5.41) is 17.6. The second-order valence-corrected chi connectivity index (χ2v) is 10.4. The molecule has 4 aromatic rings. The molecule has 2 aromatic carbocycles. The van der Waals surface area contributed by atoms with Crippen LogP contribution in [0.5, 0.6) is 0 Å². The lowest BCUT2D eigenvalue weighted by Crippen LogP contribution is -2.28. The van der Waals surface area contributed by atoms with Crippen LogP contribution in [0.1, 0.15) is 32.7 Å². The molecule has 0 radical (unpaired) electrons. The standard InChI is InChI=1S/C27H22FN5O5S/c1-32-16-14-23(31-32)18-39(37,38)26-21(9-5-19-6-10-22(28)11-7-19)3-2-4-24(26)27(34)29-15-13-20-8-12-25(30-17-20)33(35)36/h2-4,6-8,10-12,14,16-17H,13,15,18H2,1H3,(H,29,34). The van der Waals surface area contributed by atoms with Crippen molar-refractivity contribution >= 4 is 21.6 Å². The number of benzene rings is 2. The summed E-state index contributed by atoms with van der Waals surface area (Å²) in [6.07, 6.45) is 3.28. The number of halogens is 1. The van der Waals surface area contributed by atoms with Crippen molar-refractivity contribution in [2.75, 3.05) is 6.54 Å². The number of nitrogens with zero attached hydrogens (tertiary/aromatic N) is 4. The van der Waals surface area contributed by atoms with E-state index < -0.39 is 32.2 Å². The van der Waals surface area contributed by atoms with Crippen molar-refractivity contribution in [3.05, 3.63) is 117 Å². The molecule has 12 heteroatoms. The van der Waals surface area contributed by atoms with E-state index in [1.165, 1.54) is 65.5 Å². The van der Waals surface area contributed by atoms with Gasteiger partial charge in [-0.05, 0) is 70.4 Å². The first-order chi connectivity index (χ1) is 18.6. The van der Waals surface area contributed by atoms with E-state index in [0.29, 0.717) is 23.2 Å². The van der Waals surface area contributed by atoms with Gasteiger partial charge in [0.2, 0.25) is 0 Å². The van der Waals surface area contributed by atoms with Gasteiger partial charge in [0, 0.05) is 37.0 Å². The molecule has 0 saturated heterocycles. The highest BCUT2D eigenvalue weighted by Crippen LogP contribution is 2.25. The maximum absolute atomic E-state index is 13.6. The molecule has 0 spiro atoms. The van der Waals surface area contributed by atoms with Crippen LogP contribution >= 0.6 is 0 Å². The Morgan fingerprint density at radius 2 is 1.87 bits per heavy atom. The summed E-state index contributed by atoms with van der Waals surface area (Å²) in [5.41, 5.74) is 1.45. The Morgan fingerprint density at radius 1 is 1.10 bits per heavy atom.